The number of hydrogen-bond acceptors (Lipinski definition) is 6. The molecule has 0 aliphatic carbocycles. The molecule has 6 rings (SSSR count). The highest BCUT2D eigenvalue weighted by atomic mass is 19.1. The molecule has 9 nitrogen and oxygen atoms in total. The fourth-order valence-electron chi connectivity index (χ4n) is 5.28. The molecule has 2 fully saturated rings. The van der Waals surface area contributed by atoms with Gasteiger partial charge in [0.15, 0.2) is 11.6 Å². The summed E-state index contributed by atoms with van der Waals surface area (Å²) in [6.07, 6.45) is 5.70. The Morgan fingerprint density at radius 2 is 1.71 bits per heavy atom. The largest absolute Gasteiger partial charge is 0.381 e. The minimum absolute atomic E-state index is 0.155. The Morgan fingerprint density at radius 1 is 0.974 bits per heavy atom. The number of halogens is 2. The van der Waals surface area contributed by atoms with E-state index in [-0.39, 0.29) is 11.7 Å². The predicted octanol–water partition coefficient (Wildman–Crippen LogP) is 4.06. The van der Waals surface area contributed by atoms with E-state index < -0.39 is 28.8 Å². The third kappa shape index (κ3) is 4.32. The lowest BCUT2D eigenvalue weighted by Gasteiger charge is -2.25. The van der Waals surface area contributed by atoms with Gasteiger partial charge >= 0.3 is 0 Å². The molecule has 0 atom stereocenters. The zero-order chi connectivity index (χ0) is 26.2. The van der Waals surface area contributed by atoms with Crippen molar-refractivity contribution in [3.63, 3.8) is 0 Å². The first kappa shape index (κ1) is 24.2. The maximum atomic E-state index is 14.3. The summed E-state index contributed by atoms with van der Waals surface area (Å²) < 4.78 is 36.8. The first-order chi connectivity index (χ1) is 18.5. The smallest absolute Gasteiger partial charge is 0.276 e. The minimum Gasteiger partial charge on any atom is -0.381 e. The van der Waals surface area contributed by atoms with Crippen molar-refractivity contribution < 1.29 is 18.3 Å². The lowest BCUT2D eigenvalue weighted by atomic mass is 10.1. The number of aromatic nitrogens is 4. The van der Waals surface area contributed by atoms with Crippen molar-refractivity contribution in [1.29, 1.82) is 0 Å². The number of nitrogens with one attached hydrogen (secondary N) is 1. The minimum atomic E-state index is -0.958. The van der Waals surface area contributed by atoms with Crippen LogP contribution in [0.2, 0.25) is 0 Å². The second-order valence-electron chi connectivity index (χ2n) is 9.51. The van der Waals surface area contributed by atoms with Gasteiger partial charge in [-0.15, -0.1) is 0 Å². The van der Waals surface area contributed by atoms with Crippen LogP contribution in [0.5, 0.6) is 0 Å². The van der Waals surface area contributed by atoms with Gasteiger partial charge in [-0.05, 0) is 56.0 Å². The van der Waals surface area contributed by atoms with E-state index in [1.54, 1.807) is 0 Å². The second kappa shape index (κ2) is 9.97. The van der Waals surface area contributed by atoms with Crippen LogP contribution in [0, 0.1) is 11.6 Å². The van der Waals surface area contributed by atoms with E-state index in [0.29, 0.717) is 23.6 Å². The van der Waals surface area contributed by atoms with E-state index in [2.05, 4.69) is 15.3 Å². The van der Waals surface area contributed by atoms with Gasteiger partial charge in [0.1, 0.15) is 11.4 Å². The molecule has 4 aromatic rings. The van der Waals surface area contributed by atoms with Crippen molar-refractivity contribution in [2.24, 2.45) is 0 Å². The monoisotopic (exact) mass is 520 g/mol. The molecule has 2 aromatic heterocycles. The van der Waals surface area contributed by atoms with Crippen LogP contribution in [0.1, 0.15) is 42.2 Å². The molecule has 4 heterocycles. The average Bonchev–Trinajstić information content (AvgIpc) is 3.60. The third-order valence-electron chi connectivity index (χ3n) is 7.14. The Kier molecular flexibility index (Phi) is 6.36. The van der Waals surface area contributed by atoms with Gasteiger partial charge in [-0.1, -0.05) is 6.07 Å². The lowest BCUT2D eigenvalue weighted by molar-refractivity contribution is 0.0675. The molecule has 196 valence electrons. The van der Waals surface area contributed by atoms with Crippen molar-refractivity contribution in [1.82, 2.24) is 19.6 Å². The SMILES string of the molecule is O=C(Nc1ccc2c(cnn2C2CCOCC2)c1N1CCCC1)c1ccc(=O)n(-c2c(F)cccc2F)n1. The Morgan fingerprint density at radius 3 is 2.45 bits per heavy atom. The van der Waals surface area contributed by atoms with E-state index >= 15 is 0 Å². The van der Waals surface area contributed by atoms with Crippen molar-refractivity contribution in [2.45, 2.75) is 31.7 Å². The van der Waals surface area contributed by atoms with Gasteiger partial charge in [-0.25, -0.2) is 8.78 Å². The van der Waals surface area contributed by atoms with Gasteiger partial charge in [0.25, 0.3) is 11.5 Å². The van der Waals surface area contributed by atoms with Gasteiger partial charge < -0.3 is 15.0 Å². The highest BCUT2D eigenvalue weighted by Crippen LogP contribution is 2.38. The molecule has 0 unspecified atom stereocenters. The Bertz CT molecular complexity index is 1550. The molecule has 0 saturated carbocycles. The van der Waals surface area contributed by atoms with Crippen LogP contribution in [0.3, 0.4) is 0 Å². The van der Waals surface area contributed by atoms with Crippen LogP contribution in [0.4, 0.5) is 20.2 Å². The zero-order valence-electron chi connectivity index (χ0n) is 20.6. The van der Waals surface area contributed by atoms with E-state index in [4.69, 9.17) is 9.84 Å². The summed E-state index contributed by atoms with van der Waals surface area (Å²) in [7, 11) is 0. The molecule has 2 aliphatic heterocycles. The van der Waals surface area contributed by atoms with Crippen LogP contribution in [-0.2, 0) is 4.74 Å². The zero-order valence-corrected chi connectivity index (χ0v) is 20.6. The molecule has 1 N–H and O–H groups in total. The summed E-state index contributed by atoms with van der Waals surface area (Å²) in [5.41, 5.74) is 0.890. The lowest BCUT2D eigenvalue weighted by Crippen LogP contribution is -2.27. The number of hydrogen-bond donors (Lipinski definition) is 1. The Labute approximate surface area is 216 Å². The molecule has 38 heavy (non-hydrogen) atoms. The maximum absolute atomic E-state index is 14.3. The van der Waals surface area contributed by atoms with Crippen LogP contribution < -0.4 is 15.8 Å². The second-order valence-corrected chi connectivity index (χ2v) is 9.51. The molecule has 0 spiro atoms. The molecular weight excluding hydrogens is 494 g/mol. The molecule has 0 radical (unpaired) electrons. The summed E-state index contributed by atoms with van der Waals surface area (Å²) in [5, 5.41) is 12.5. The standard InChI is InChI=1S/C27H26F2N6O3/c28-19-4-3-5-20(29)26(19)35-24(36)9-7-22(32-35)27(37)31-21-6-8-23-18(25(21)33-12-1-2-13-33)16-30-34(23)17-10-14-38-15-11-17/h3-9,16-17H,1-2,10-15H2,(H,31,37). The number of anilines is 2. The molecular formula is C27H26F2N6O3. The molecule has 1 amide bonds. The number of carbonyl (C=O) groups is 1. The van der Waals surface area contributed by atoms with E-state index in [9.17, 15) is 18.4 Å². The average molecular weight is 521 g/mol. The number of fused-ring (bicyclic) bond motifs is 1. The van der Waals surface area contributed by atoms with Crippen LogP contribution in [0.25, 0.3) is 16.6 Å². The van der Waals surface area contributed by atoms with Crippen molar-refractivity contribution >= 4 is 28.2 Å². The van der Waals surface area contributed by atoms with E-state index in [1.165, 1.54) is 12.1 Å². The summed E-state index contributed by atoms with van der Waals surface area (Å²) in [6.45, 7) is 3.09. The van der Waals surface area contributed by atoms with Crippen molar-refractivity contribution in [3.05, 3.63) is 76.3 Å². The summed E-state index contributed by atoms with van der Waals surface area (Å²) in [4.78, 5) is 27.9. The molecule has 2 aliphatic rings. The summed E-state index contributed by atoms with van der Waals surface area (Å²) in [6, 6.07) is 9.58. The molecule has 0 bridgehead atoms. The van der Waals surface area contributed by atoms with Crippen LogP contribution >= 0.6 is 0 Å². The molecule has 2 aromatic carbocycles. The summed E-state index contributed by atoms with van der Waals surface area (Å²) >= 11 is 0. The number of carbonyl (C=O) groups excluding carboxylic acids is 1. The van der Waals surface area contributed by atoms with Gasteiger partial charge in [-0.2, -0.15) is 14.9 Å². The number of para-hydroxylation sites is 1. The van der Waals surface area contributed by atoms with E-state index in [0.717, 1.165) is 73.6 Å². The normalized spacial score (nSPS) is 16.3. The van der Waals surface area contributed by atoms with Gasteiger partial charge in [-0.3, -0.25) is 14.3 Å². The number of amides is 1. The van der Waals surface area contributed by atoms with Crippen molar-refractivity contribution in [2.75, 3.05) is 36.5 Å². The molecule has 11 heteroatoms. The first-order valence-electron chi connectivity index (χ1n) is 12.7. The number of ether oxygens (including phenoxy) is 1. The number of benzene rings is 2. The maximum Gasteiger partial charge on any atom is 0.276 e. The van der Waals surface area contributed by atoms with Gasteiger partial charge in [0.2, 0.25) is 0 Å². The Hall–Kier alpha value is -4.12. The topological polar surface area (TPSA) is 94.3 Å². The quantitative estimate of drug-likeness (QED) is 0.427. The summed E-state index contributed by atoms with van der Waals surface area (Å²) in [5.74, 6) is -2.52. The van der Waals surface area contributed by atoms with E-state index in [1.807, 2.05) is 23.0 Å². The highest BCUT2D eigenvalue weighted by Gasteiger charge is 2.25. The number of rotatable bonds is 5. The molecule has 2 saturated heterocycles. The van der Waals surface area contributed by atoms with Gasteiger partial charge in [0.05, 0.1) is 29.1 Å². The highest BCUT2D eigenvalue weighted by molar-refractivity contribution is 6.08. The predicted molar refractivity (Wildman–Crippen MR) is 138 cm³/mol. The number of nitrogens with zero attached hydrogens (tertiary/aromatic N) is 5. The first-order valence-corrected chi connectivity index (χ1v) is 12.7. The van der Waals surface area contributed by atoms with Gasteiger partial charge in [0, 0.05) is 37.8 Å². The third-order valence-corrected chi connectivity index (χ3v) is 7.14. The fourth-order valence-corrected chi connectivity index (χ4v) is 5.28. The fraction of sp³-hybridized carbons (Fsp3) is 0.333. The Balaban J connectivity index is 1.37. The van der Waals surface area contributed by atoms with Crippen LogP contribution in [-0.4, -0.2) is 51.8 Å². The van der Waals surface area contributed by atoms with Crippen molar-refractivity contribution in [3.8, 4) is 5.69 Å². The van der Waals surface area contributed by atoms with Crippen LogP contribution in [0.15, 0.2) is 53.5 Å².